The molecule has 1 aromatic rings. The maximum atomic E-state index is 10.3. The average molecular weight is 296 g/mol. The van der Waals surface area contributed by atoms with Gasteiger partial charge in [0.05, 0.1) is 15.2 Å². The predicted molar refractivity (Wildman–Crippen MR) is 79.4 cm³/mol. The Balaban J connectivity index is 0.000000339. The number of fused-ring (bicyclic) bond motifs is 3. The molecule has 3 aliphatic rings. The number of hydrogen-bond acceptors (Lipinski definition) is 5. The molecule has 0 aromatic heterocycles. The van der Waals surface area contributed by atoms with Gasteiger partial charge in [-0.15, -0.1) is 23.5 Å². The summed E-state index contributed by atoms with van der Waals surface area (Å²) >= 11 is 3.42. The normalized spacial score (nSPS) is 40.6. The van der Waals surface area contributed by atoms with Crippen molar-refractivity contribution in [2.75, 3.05) is 6.61 Å². The first-order chi connectivity index (χ1) is 9.06. The zero-order valence-corrected chi connectivity index (χ0v) is 12.1. The molecule has 1 aromatic carbocycles. The van der Waals surface area contributed by atoms with Crippen molar-refractivity contribution in [2.45, 2.75) is 27.1 Å². The van der Waals surface area contributed by atoms with Crippen molar-refractivity contribution < 1.29 is 15.3 Å². The molecule has 1 aliphatic carbocycles. The van der Waals surface area contributed by atoms with Crippen molar-refractivity contribution in [3.05, 3.63) is 42.0 Å². The number of phenolic OH excluding ortho intramolecular Hbond substituents is 1. The van der Waals surface area contributed by atoms with E-state index in [-0.39, 0.29) is 21.9 Å². The summed E-state index contributed by atoms with van der Waals surface area (Å²) in [5.74, 6) is 0.295. The second-order valence-corrected chi connectivity index (χ2v) is 7.59. The molecule has 2 heterocycles. The van der Waals surface area contributed by atoms with Crippen LogP contribution in [-0.2, 0) is 4.75 Å². The van der Waals surface area contributed by atoms with E-state index in [1.807, 2.05) is 12.1 Å². The van der Waals surface area contributed by atoms with E-state index < -0.39 is 4.93 Å². The molecule has 4 unspecified atom stereocenters. The third-order valence-electron chi connectivity index (χ3n) is 3.50. The molecule has 3 N–H and O–H groups in total. The maximum absolute atomic E-state index is 10.3. The van der Waals surface area contributed by atoms with Gasteiger partial charge in [0.2, 0.25) is 0 Å². The molecule has 0 bridgehead atoms. The summed E-state index contributed by atoms with van der Waals surface area (Å²) in [4.78, 5) is -0.551. The van der Waals surface area contributed by atoms with Crippen LogP contribution in [-0.4, -0.2) is 37.4 Å². The second kappa shape index (κ2) is 4.45. The molecule has 19 heavy (non-hydrogen) atoms. The fraction of sp³-hybridized carbons (Fsp3) is 0.429. The molecule has 4 atom stereocenters. The van der Waals surface area contributed by atoms with Gasteiger partial charge in [0, 0.05) is 6.61 Å². The van der Waals surface area contributed by atoms with Crippen molar-refractivity contribution in [3.8, 4) is 5.75 Å². The van der Waals surface area contributed by atoms with Crippen LogP contribution in [0, 0.1) is 0 Å². The summed E-state index contributed by atoms with van der Waals surface area (Å²) in [6.07, 6.45) is 4.29. The van der Waals surface area contributed by atoms with Crippen LogP contribution in [0.25, 0.3) is 0 Å². The van der Waals surface area contributed by atoms with E-state index in [2.05, 4.69) is 12.2 Å². The van der Waals surface area contributed by atoms with E-state index in [4.69, 9.17) is 5.11 Å². The van der Waals surface area contributed by atoms with Crippen LogP contribution in [0.5, 0.6) is 5.75 Å². The first-order valence-corrected chi connectivity index (χ1v) is 8.00. The van der Waals surface area contributed by atoms with Crippen molar-refractivity contribution >= 4 is 23.5 Å². The zero-order valence-electron chi connectivity index (χ0n) is 10.5. The molecule has 0 spiro atoms. The molecule has 0 radical (unpaired) electrons. The lowest BCUT2D eigenvalue weighted by Crippen LogP contribution is -2.29. The fourth-order valence-corrected chi connectivity index (χ4v) is 5.48. The summed E-state index contributed by atoms with van der Waals surface area (Å²) in [5.41, 5.74) is 1.10. The highest BCUT2D eigenvalue weighted by molar-refractivity contribution is 8.14. The molecule has 3 nitrogen and oxygen atoms in total. The lowest BCUT2D eigenvalue weighted by atomic mass is 9.88. The Hall–Kier alpha value is -0.620. The Labute approximate surface area is 120 Å². The number of rotatable bonds is 1. The monoisotopic (exact) mass is 296 g/mol. The molecule has 2 aliphatic heterocycles. The van der Waals surface area contributed by atoms with E-state index in [0.717, 1.165) is 5.56 Å². The SMILES string of the molecule is CCO.Oc1cccc(C23C=CC4SC4(O)C2S3)c1. The molecule has 0 amide bonds. The topological polar surface area (TPSA) is 60.7 Å². The summed E-state index contributed by atoms with van der Waals surface area (Å²) in [7, 11) is 0. The van der Waals surface area contributed by atoms with Crippen LogP contribution in [0.3, 0.4) is 0 Å². The Morgan fingerprint density at radius 3 is 2.74 bits per heavy atom. The van der Waals surface area contributed by atoms with Gasteiger partial charge in [0.25, 0.3) is 0 Å². The number of thioether (sulfide) groups is 2. The quantitative estimate of drug-likeness (QED) is 0.547. The highest BCUT2D eigenvalue weighted by Gasteiger charge is 2.75. The second-order valence-electron chi connectivity index (χ2n) is 4.81. The highest BCUT2D eigenvalue weighted by Crippen LogP contribution is 2.77. The Kier molecular flexibility index (Phi) is 3.13. The summed E-state index contributed by atoms with van der Waals surface area (Å²) < 4.78 is -0.0898. The third kappa shape index (κ3) is 2.00. The number of aliphatic hydroxyl groups is 2. The summed E-state index contributed by atoms with van der Waals surface area (Å²) in [6.45, 7) is 1.93. The van der Waals surface area contributed by atoms with Gasteiger partial charge < -0.3 is 15.3 Å². The predicted octanol–water partition coefficient (Wildman–Crippen LogP) is 2.08. The number of aromatic hydroxyl groups is 1. The number of aliphatic hydroxyl groups excluding tert-OH is 1. The smallest absolute Gasteiger partial charge is 0.140 e. The number of phenols is 1. The first kappa shape index (κ1) is 13.4. The molecule has 102 valence electrons. The van der Waals surface area contributed by atoms with E-state index in [1.54, 1.807) is 42.6 Å². The molecule has 4 rings (SSSR count). The van der Waals surface area contributed by atoms with E-state index in [9.17, 15) is 10.2 Å². The van der Waals surface area contributed by atoms with Crippen LogP contribution in [0.1, 0.15) is 12.5 Å². The Morgan fingerprint density at radius 2 is 2.05 bits per heavy atom. The average Bonchev–Trinajstić information content (AvgIpc) is 3.22. The third-order valence-corrected chi connectivity index (χ3v) is 6.75. The van der Waals surface area contributed by atoms with Gasteiger partial charge in [-0.05, 0) is 24.6 Å². The van der Waals surface area contributed by atoms with Crippen LogP contribution in [0.2, 0.25) is 0 Å². The zero-order chi connectivity index (χ0) is 13.7. The van der Waals surface area contributed by atoms with Gasteiger partial charge >= 0.3 is 0 Å². The largest absolute Gasteiger partial charge is 0.508 e. The number of benzene rings is 1. The lowest BCUT2D eigenvalue weighted by Gasteiger charge is -2.17. The van der Waals surface area contributed by atoms with Crippen LogP contribution >= 0.6 is 23.5 Å². The molecular formula is C14H16O3S2. The minimum atomic E-state index is -0.551. The molecule has 0 saturated carbocycles. The van der Waals surface area contributed by atoms with Gasteiger partial charge in [0.15, 0.2) is 0 Å². The van der Waals surface area contributed by atoms with Gasteiger partial charge in [0.1, 0.15) is 10.7 Å². The fourth-order valence-electron chi connectivity index (χ4n) is 2.53. The summed E-state index contributed by atoms with van der Waals surface area (Å²) in [6, 6.07) is 7.36. The van der Waals surface area contributed by atoms with E-state index in [0.29, 0.717) is 5.75 Å². The maximum Gasteiger partial charge on any atom is 0.140 e. The van der Waals surface area contributed by atoms with E-state index in [1.165, 1.54) is 0 Å². The highest BCUT2D eigenvalue weighted by atomic mass is 32.2. The molecule has 5 heteroatoms. The molecule has 2 saturated heterocycles. The van der Waals surface area contributed by atoms with Crippen molar-refractivity contribution in [1.29, 1.82) is 0 Å². The van der Waals surface area contributed by atoms with Gasteiger partial charge in [-0.1, -0.05) is 24.3 Å². The van der Waals surface area contributed by atoms with Crippen LogP contribution in [0.4, 0.5) is 0 Å². The van der Waals surface area contributed by atoms with Crippen LogP contribution < -0.4 is 0 Å². The van der Waals surface area contributed by atoms with Crippen LogP contribution in [0.15, 0.2) is 36.4 Å². The van der Waals surface area contributed by atoms with Crippen molar-refractivity contribution in [1.82, 2.24) is 0 Å². The van der Waals surface area contributed by atoms with E-state index >= 15 is 0 Å². The van der Waals surface area contributed by atoms with Crippen molar-refractivity contribution in [3.63, 3.8) is 0 Å². The first-order valence-electron chi connectivity index (χ1n) is 6.24. The van der Waals surface area contributed by atoms with Gasteiger partial charge in [-0.2, -0.15) is 0 Å². The summed E-state index contributed by atoms with van der Waals surface area (Å²) in [5, 5.41) is 27.9. The van der Waals surface area contributed by atoms with Gasteiger partial charge in [-0.3, -0.25) is 0 Å². The minimum Gasteiger partial charge on any atom is -0.508 e. The Bertz CT molecular complexity index is 533. The standard InChI is InChI=1S/C12H10O2S2.C2H6O/c13-8-3-1-2-7(6-8)11-5-4-9-12(14,15-9)10(11)16-11;1-2-3/h1-6,9-10,13-14H;3H,2H2,1H3. The Morgan fingerprint density at radius 1 is 1.32 bits per heavy atom. The molecule has 2 fully saturated rings. The minimum absolute atomic E-state index is 0.0898. The van der Waals surface area contributed by atoms with Crippen molar-refractivity contribution in [2.24, 2.45) is 0 Å². The molecular weight excluding hydrogens is 280 g/mol. The van der Waals surface area contributed by atoms with Gasteiger partial charge in [-0.25, -0.2) is 0 Å². The number of hydrogen-bond donors (Lipinski definition) is 3. The lowest BCUT2D eigenvalue weighted by molar-refractivity contribution is 0.175.